The first-order valence-corrected chi connectivity index (χ1v) is 12.2. The molecule has 166 valence electrons. The van der Waals surface area contributed by atoms with Crippen LogP contribution in [0.25, 0.3) is 0 Å². The summed E-state index contributed by atoms with van der Waals surface area (Å²) < 4.78 is 31.0. The smallest absolute Gasteiger partial charge is 0.238 e. The van der Waals surface area contributed by atoms with Crippen LogP contribution in [0.5, 0.6) is 5.75 Å². The van der Waals surface area contributed by atoms with Crippen molar-refractivity contribution in [1.82, 2.24) is 0 Å². The van der Waals surface area contributed by atoms with Gasteiger partial charge in [0.25, 0.3) is 0 Å². The highest BCUT2D eigenvalue weighted by Gasteiger charge is 2.23. The highest BCUT2D eigenvalue weighted by Crippen LogP contribution is 2.32. The number of benzene rings is 2. The maximum atomic E-state index is 12.5. The molecule has 7 heteroatoms. The predicted molar refractivity (Wildman–Crippen MR) is 122 cm³/mol. The number of sulfonamides is 1. The van der Waals surface area contributed by atoms with Gasteiger partial charge >= 0.3 is 0 Å². The van der Waals surface area contributed by atoms with Gasteiger partial charge in [-0.25, -0.2) is 13.6 Å². The lowest BCUT2D eigenvalue weighted by atomic mass is 9.88. The second kappa shape index (κ2) is 11.5. The molecule has 6 nitrogen and oxygen atoms in total. The van der Waals surface area contributed by atoms with E-state index in [1.807, 2.05) is 50.2 Å². The highest BCUT2D eigenvalue weighted by atomic mass is 32.2. The van der Waals surface area contributed by atoms with Crippen molar-refractivity contribution in [3.8, 4) is 5.75 Å². The van der Waals surface area contributed by atoms with E-state index in [1.165, 1.54) is 0 Å². The maximum absolute atomic E-state index is 12.5. The van der Waals surface area contributed by atoms with Crippen LogP contribution in [0.15, 0.2) is 47.4 Å². The van der Waals surface area contributed by atoms with Crippen molar-refractivity contribution < 1.29 is 13.2 Å². The minimum absolute atomic E-state index is 0.00418. The van der Waals surface area contributed by atoms with E-state index in [4.69, 9.17) is 21.3 Å². The standard InChI is InChI=1S/C23H35N3O3S/c1-3-12-29-22-15-18(13-19(10-11-24)21(25)4-2)16-23(30(26,27)28)20(22)14-17-8-6-5-7-9-17/h5-9,15-16,19,21H,3-4,10-14,24-25H2,1-2H3,(H2,26,27,28). The van der Waals surface area contributed by atoms with Gasteiger partial charge < -0.3 is 16.2 Å². The van der Waals surface area contributed by atoms with Gasteiger partial charge in [-0.1, -0.05) is 44.2 Å². The van der Waals surface area contributed by atoms with E-state index in [9.17, 15) is 8.42 Å². The maximum Gasteiger partial charge on any atom is 0.238 e. The number of hydrogen-bond acceptors (Lipinski definition) is 5. The molecule has 2 aromatic rings. The largest absolute Gasteiger partial charge is 0.493 e. The predicted octanol–water partition coefficient (Wildman–Crippen LogP) is 2.96. The summed E-state index contributed by atoms with van der Waals surface area (Å²) in [5.74, 6) is 0.728. The molecule has 0 aliphatic rings. The van der Waals surface area contributed by atoms with Gasteiger partial charge in [0.1, 0.15) is 5.75 Å². The van der Waals surface area contributed by atoms with E-state index >= 15 is 0 Å². The second-order valence-corrected chi connectivity index (χ2v) is 9.27. The van der Waals surface area contributed by atoms with Crippen LogP contribution in [0, 0.1) is 5.92 Å². The summed E-state index contributed by atoms with van der Waals surface area (Å²) >= 11 is 0. The number of nitrogens with two attached hydrogens (primary N) is 3. The summed E-state index contributed by atoms with van der Waals surface area (Å²) in [6, 6.07) is 13.3. The van der Waals surface area contributed by atoms with Crippen LogP contribution in [0.2, 0.25) is 0 Å². The van der Waals surface area contributed by atoms with Crippen LogP contribution >= 0.6 is 0 Å². The number of ether oxygens (including phenoxy) is 1. The van der Waals surface area contributed by atoms with Crippen LogP contribution in [-0.2, 0) is 22.9 Å². The zero-order valence-electron chi connectivity index (χ0n) is 18.0. The fourth-order valence-electron chi connectivity index (χ4n) is 3.68. The number of rotatable bonds is 12. The fourth-order valence-corrected chi connectivity index (χ4v) is 4.51. The Morgan fingerprint density at radius 1 is 1.07 bits per heavy atom. The van der Waals surface area contributed by atoms with Crippen molar-refractivity contribution in [3.63, 3.8) is 0 Å². The Balaban J connectivity index is 2.55. The molecule has 30 heavy (non-hydrogen) atoms. The molecule has 2 atom stereocenters. The zero-order valence-corrected chi connectivity index (χ0v) is 18.8. The Morgan fingerprint density at radius 3 is 2.33 bits per heavy atom. The van der Waals surface area contributed by atoms with E-state index in [2.05, 4.69) is 0 Å². The molecule has 2 rings (SSSR count). The van der Waals surface area contributed by atoms with E-state index in [0.29, 0.717) is 37.3 Å². The molecule has 6 N–H and O–H groups in total. The molecule has 0 fully saturated rings. The van der Waals surface area contributed by atoms with Gasteiger partial charge in [0.15, 0.2) is 0 Å². The Morgan fingerprint density at radius 2 is 1.77 bits per heavy atom. The molecule has 0 radical (unpaired) electrons. The molecule has 2 unspecified atom stereocenters. The Hall–Kier alpha value is -1.93. The Kier molecular flexibility index (Phi) is 9.30. The summed E-state index contributed by atoms with van der Waals surface area (Å²) in [6.07, 6.45) is 3.47. The number of hydrogen-bond donors (Lipinski definition) is 3. The Labute approximate surface area is 180 Å². The fraction of sp³-hybridized carbons (Fsp3) is 0.478. The summed E-state index contributed by atoms with van der Waals surface area (Å²) in [4.78, 5) is 0.117. The van der Waals surface area contributed by atoms with Crippen LogP contribution in [0.4, 0.5) is 0 Å². The van der Waals surface area contributed by atoms with E-state index in [0.717, 1.165) is 30.4 Å². The monoisotopic (exact) mass is 433 g/mol. The summed E-state index contributed by atoms with van der Waals surface area (Å²) in [6.45, 7) is 5.09. The highest BCUT2D eigenvalue weighted by molar-refractivity contribution is 7.89. The van der Waals surface area contributed by atoms with Crippen molar-refractivity contribution in [1.29, 1.82) is 0 Å². The van der Waals surface area contributed by atoms with Gasteiger partial charge in [0.2, 0.25) is 10.0 Å². The second-order valence-electron chi connectivity index (χ2n) is 7.74. The van der Waals surface area contributed by atoms with Gasteiger partial charge in [-0.2, -0.15) is 0 Å². The third kappa shape index (κ3) is 6.80. The zero-order chi connectivity index (χ0) is 22.1. The molecule has 0 aliphatic heterocycles. The first-order valence-electron chi connectivity index (χ1n) is 10.6. The lowest BCUT2D eigenvalue weighted by Gasteiger charge is -2.24. The van der Waals surface area contributed by atoms with Gasteiger partial charge in [-0.3, -0.25) is 0 Å². The molecule has 0 amide bonds. The lowest BCUT2D eigenvalue weighted by molar-refractivity contribution is 0.312. The van der Waals surface area contributed by atoms with Gasteiger partial charge in [0, 0.05) is 18.0 Å². The molecular weight excluding hydrogens is 398 g/mol. The molecule has 0 saturated heterocycles. The van der Waals surface area contributed by atoms with E-state index in [-0.39, 0.29) is 16.9 Å². The van der Waals surface area contributed by atoms with Crippen LogP contribution < -0.4 is 21.3 Å². The molecule has 2 aromatic carbocycles. The molecule has 0 bridgehead atoms. The van der Waals surface area contributed by atoms with Gasteiger partial charge in [-0.05, 0) is 61.4 Å². The number of primary sulfonamides is 1. The third-order valence-corrected chi connectivity index (χ3v) is 6.31. The molecule has 0 heterocycles. The van der Waals surface area contributed by atoms with Crippen LogP contribution in [0.3, 0.4) is 0 Å². The van der Waals surface area contributed by atoms with E-state index < -0.39 is 10.0 Å². The molecule has 0 aliphatic carbocycles. The Bertz CT molecular complexity index is 901. The first-order chi connectivity index (χ1) is 14.3. The summed E-state index contributed by atoms with van der Waals surface area (Å²) in [5.41, 5.74) is 14.5. The average molecular weight is 434 g/mol. The molecule has 0 saturated carbocycles. The van der Waals surface area contributed by atoms with Crippen molar-refractivity contribution in [2.24, 2.45) is 22.5 Å². The molecule has 0 spiro atoms. The van der Waals surface area contributed by atoms with Crippen molar-refractivity contribution in [2.45, 2.75) is 56.9 Å². The van der Waals surface area contributed by atoms with Crippen LogP contribution in [-0.4, -0.2) is 27.6 Å². The van der Waals surface area contributed by atoms with E-state index in [1.54, 1.807) is 6.07 Å². The molecule has 0 aromatic heterocycles. The normalized spacial score (nSPS) is 13.8. The average Bonchev–Trinajstić information content (AvgIpc) is 2.72. The molecular formula is C23H35N3O3S. The quantitative estimate of drug-likeness (QED) is 0.475. The third-order valence-electron chi connectivity index (χ3n) is 5.33. The summed E-state index contributed by atoms with van der Waals surface area (Å²) in [7, 11) is -3.93. The van der Waals surface area contributed by atoms with Crippen LogP contribution in [0.1, 0.15) is 49.8 Å². The minimum Gasteiger partial charge on any atom is -0.493 e. The van der Waals surface area contributed by atoms with Gasteiger partial charge in [-0.15, -0.1) is 0 Å². The van der Waals surface area contributed by atoms with Crippen molar-refractivity contribution >= 4 is 10.0 Å². The van der Waals surface area contributed by atoms with Crippen molar-refractivity contribution in [2.75, 3.05) is 13.2 Å². The first kappa shape index (κ1) is 24.3. The van der Waals surface area contributed by atoms with Crippen molar-refractivity contribution in [3.05, 3.63) is 59.2 Å². The van der Waals surface area contributed by atoms with Gasteiger partial charge in [0.05, 0.1) is 11.5 Å². The minimum atomic E-state index is -3.93. The SMILES string of the molecule is CCCOc1cc(CC(CCN)C(N)CC)cc(S(N)(=O)=O)c1Cc1ccccc1. The topological polar surface area (TPSA) is 121 Å². The lowest BCUT2D eigenvalue weighted by Crippen LogP contribution is -2.32. The summed E-state index contributed by atoms with van der Waals surface area (Å²) in [5, 5.41) is 5.63.